The lowest BCUT2D eigenvalue weighted by molar-refractivity contribution is -0.142. The van der Waals surface area contributed by atoms with E-state index in [1.165, 1.54) is 12.0 Å². The third-order valence-electron chi connectivity index (χ3n) is 7.39. The summed E-state index contributed by atoms with van der Waals surface area (Å²) in [5, 5.41) is 0. The van der Waals surface area contributed by atoms with Crippen molar-refractivity contribution in [2.75, 3.05) is 26.2 Å². The highest BCUT2D eigenvalue weighted by atomic mass is 16.2. The van der Waals surface area contributed by atoms with Gasteiger partial charge in [-0.15, -0.1) is 0 Å². The number of likely N-dealkylation sites (tertiary alicyclic amines) is 2. The van der Waals surface area contributed by atoms with E-state index in [9.17, 15) is 9.59 Å². The van der Waals surface area contributed by atoms with Gasteiger partial charge in [0, 0.05) is 38.0 Å². The average molecular weight is 397 g/mol. The third-order valence-corrected chi connectivity index (χ3v) is 7.39. The lowest BCUT2D eigenvalue weighted by Crippen LogP contribution is -2.44. The van der Waals surface area contributed by atoms with Crippen LogP contribution in [0.25, 0.3) is 0 Å². The van der Waals surface area contributed by atoms with Crippen LogP contribution in [0.4, 0.5) is 0 Å². The zero-order valence-corrected chi connectivity index (χ0v) is 17.7. The summed E-state index contributed by atoms with van der Waals surface area (Å²) in [5.74, 6) is 1.71. The van der Waals surface area contributed by atoms with Crippen molar-refractivity contribution in [2.45, 2.75) is 64.2 Å². The molecule has 29 heavy (non-hydrogen) atoms. The van der Waals surface area contributed by atoms with Gasteiger partial charge >= 0.3 is 0 Å². The quantitative estimate of drug-likeness (QED) is 0.762. The minimum absolute atomic E-state index is 0.145. The summed E-state index contributed by atoms with van der Waals surface area (Å²) in [5.41, 5.74) is 1.41. The summed E-state index contributed by atoms with van der Waals surface area (Å²) in [7, 11) is 0. The van der Waals surface area contributed by atoms with Crippen molar-refractivity contribution in [2.24, 2.45) is 17.8 Å². The van der Waals surface area contributed by atoms with E-state index in [2.05, 4.69) is 40.1 Å². The highest BCUT2D eigenvalue weighted by Gasteiger charge is 2.35. The standard InChI is InChI=1S/C25H36N2O2/c28-24(26-15-5-2-6-16-26)22-9-11-23(12-10-22)25(29)27-17-13-21(14-18-27)19-20-7-3-1-4-8-20/h1,3-4,7-8,21-23H,2,5-6,9-19H2. The summed E-state index contributed by atoms with van der Waals surface area (Å²) >= 11 is 0. The lowest BCUT2D eigenvalue weighted by atomic mass is 9.80. The van der Waals surface area contributed by atoms with Crippen molar-refractivity contribution in [1.29, 1.82) is 0 Å². The van der Waals surface area contributed by atoms with Crippen LogP contribution in [0.3, 0.4) is 0 Å². The van der Waals surface area contributed by atoms with Crippen LogP contribution < -0.4 is 0 Å². The van der Waals surface area contributed by atoms with Gasteiger partial charge in [-0.05, 0) is 75.7 Å². The summed E-state index contributed by atoms with van der Waals surface area (Å²) in [6, 6.07) is 10.7. The van der Waals surface area contributed by atoms with Gasteiger partial charge in [0.1, 0.15) is 0 Å². The van der Waals surface area contributed by atoms with Crippen LogP contribution in [0.5, 0.6) is 0 Å². The van der Waals surface area contributed by atoms with Gasteiger partial charge < -0.3 is 9.80 Å². The first-order valence-electron chi connectivity index (χ1n) is 11.8. The Balaban J connectivity index is 1.20. The number of amides is 2. The van der Waals surface area contributed by atoms with E-state index in [1.807, 2.05) is 0 Å². The van der Waals surface area contributed by atoms with E-state index in [1.54, 1.807) is 0 Å². The van der Waals surface area contributed by atoms with Crippen LogP contribution in [0.1, 0.15) is 63.4 Å². The molecule has 0 radical (unpaired) electrons. The Morgan fingerprint density at radius 1 is 0.690 bits per heavy atom. The fourth-order valence-electron chi connectivity index (χ4n) is 5.52. The van der Waals surface area contributed by atoms with E-state index in [0.29, 0.717) is 17.7 Å². The lowest BCUT2D eigenvalue weighted by Gasteiger charge is -2.37. The van der Waals surface area contributed by atoms with Crippen LogP contribution in [0, 0.1) is 17.8 Å². The maximum atomic E-state index is 13.0. The molecule has 1 saturated carbocycles. The number of carbonyl (C=O) groups is 2. The average Bonchev–Trinajstić information content (AvgIpc) is 2.80. The predicted octanol–water partition coefficient (Wildman–Crippen LogP) is 4.29. The number of carbonyl (C=O) groups excluding carboxylic acids is 2. The second-order valence-corrected chi connectivity index (χ2v) is 9.39. The minimum atomic E-state index is 0.145. The molecule has 3 aliphatic rings. The van der Waals surface area contributed by atoms with Gasteiger partial charge in [-0.3, -0.25) is 9.59 Å². The van der Waals surface area contributed by atoms with E-state index in [0.717, 1.165) is 84.0 Å². The zero-order valence-electron chi connectivity index (χ0n) is 17.7. The van der Waals surface area contributed by atoms with Crippen LogP contribution in [0.2, 0.25) is 0 Å². The molecule has 0 bridgehead atoms. The van der Waals surface area contributed by atoms with Crippen molar-refractivity contribution in [1.82, 2.24) is 9.80 Å². The molecule has 4 nitrogen and oxygen atoms in total. The summed E-state index contributed by atoms with van der Waals surface area (Å²) in [4.78, 5) is 30.0. The topological polar surface area (TPSA) is 40.6 Å². The first-order valence-corrected chi connectivity index (χ1v) is 11.8. The molecular formula is C25H36N2O2. The molecule has 2 amide bonds. The predicted molar refractivity (Wildman–Crippen MR) is 115 cm³/mol. The van der Waals surface area contributed by atoms with Crippen molar-refractivity contribution in [3.63, 3.8) is 0 Å². The maximum absolute atomic E-state index is 13.0. The van der Waals surface area contributed by atoms with Crippen LogP contribution >= 0.6 is 0 Å². The van der Waals surface area contributed by atoms with Crippen LogP contribution in [-0.2, 0) is 16.0 Å². The van der Waals surface area contributed by atoms with Gasteiger partial charge in [-0.25, -0.2) is 0 Å². The fraction of sp³-hybridized carbons (Fsp3) is 0.680. The maximum Gasteiger partial charge on any atom is 0.225 e. The molecule has 4 rings (SSSR count). The molecule has 2 aliphatic heterocycles. The Morgan fingerprint density at radius 2 is 1.21 bits per heavy atom. The fourth-order valence-corrected chi connectivity index (χ4v) is 5.52. The first-order chi connectivity index (χ1) is 14.2. The molecule has 3 fully saturated rings. The second-order valence-electron chi connectivity index (χ2n) is 9.39. The number of hydrogen-bond donors (Lipinski definition) is 0. The minimum Gasteiger partial charge on any atom is -0.342 e. The monoisotopic (exact) mass is 396 g/mol. The Morgan fingerprint density at radius 3 is 1.76 bits per heavy atom. The molecule has 0 atom stereocenters. The molecule has 0 aromatic heterocycles. The van der Waals surface area contributed by atoms with Gasteiger partial charge in [0.05, 0.1) is 0 Å². The normalized spacial score (nSPS) is 26.3. The number of nitrogens with zero attached hydrogens (tertiary/aromatic N) is 2. The van der Waals surface area contributed by atoms with Crippen molar-refractivity contribution in [3.8, 4) is 0 Å². The van der Waals surface area contributed by atoms with E-state index >= 15 is 0 Å². The Labute approximate surface area is 175 Å². The molecule has 2 heterocycles. The van der Waals surface area contributed by atoms with Crippen molar-refractivity contribution < 1.29 is 9.59 Å². The third kappa shape index (κ3) is 5.21. The molecule has 2 saturated heterocycles. The number of rotatable bonds is 4. The number of piperidine rings is 2. The number of benzene rings is 1. The Kier molecular flexibility index (Phi) is 6.89. The van der Waals surface area contributed by atoms with Crippen LogP contribution in [0.15, 0.2) is 30.3 Å². The van der Waals surface area contributed by atoms with Gasteiger partial charge in [0.15, 0.2) is 0 Å². The summed E-state index contributed by atoms with van der Waals surface area (Å²) in [6.45, 7) is 3.69. The highest BCUT2D eigenvalue weighted by Crippen LogP contribution is 2.33. The van der Waals surface area contributed by atoms with E-state index < -0.39 is 0 Å². The molecule has 158 valence electrons. The van der Waals surface area contributed by atoms with E-state index in [4.69, 9.17) is 0 Å². The largest absolute Gasteiger partial charge is 0.342 e. The molecule has 0 spiro atoms. The van der Waals surface area contributed by atoms with Gasteiger partial charge in [-0.1, -0.05) is 30.3 Å². The summed E-state index contributed by atoms with van der Waals surface area (Å²) < 4.78 is 0. The Hall–Kier alpha value is -1.84. The molecule has 1 aromatic carbocycles. The summed E-state index contributed by atoms with van der Waals surface area (Å²) in [6.07, 6.45) is 10.5. The first kappa shape index (κ1) is 20.4. The highest BCUT2D eigenvalue weighted by molar-refractivity contribution is 5.81. The Bertz CT molecular complexity index is 667. The molecular weight excluding hydrogens is 360 g/mol. The molecule has 1 aromatic rings. The van der Waals surface area contributed by atoms with Crippen molar-refractivity contribution in [3.05, 3.63) is 35.9 Å². The van der Waals surface area contributed by atoms with E-state index in [-0.39, 0.29) is 11.8 Å². The SMILES string of the molecule is O=C(C1CCC(C(=O)N2CCC(Cc3ccccc3)CC2)CC1)N1CCCCC1. The number of hydrogen-bond acceptors (Lipinski definition) is 2. The second kappa shape index (κ2) is 9.77. The van der Waals surface area contributed by atoms with Crippen LogP contribution in [-0.4, -0.2) is 47.8 Å². The van der Waals surface area contributed by atoms with Gasteiger partial charge in [0.25, 0.3) is 0 Å². The molecule has 4 heteroatoms. The smallest absolute Gasteiger partial charge is 0.225 e. The zero-order chi connectivity index (χ0) is 20.1. The van der Waals surface area contributed by atoms with Gasteiger partial charge in [-0.2, -0.15) is 0 Å². The molecule has 0 N–H and O–H groups in total. The van der Waals surface area contributed by atoms with Crippen molar-refractivity contribution >= 4 is 11.8 Å². The van der Waals surface area contributed by atoms with Gasteiger partial charge in [0.2, 0.25) is 11.8 Å². The molecule has 1 aliphatic carbocycles. The molecule has 0 unspecified atom stereocenters.